The predicted octanol–water partition coefficient (Wildman–Crippen LogP) is 1.31. The molecule has 2 N–H and O–H groups in total. The van der Waals surface area contributed by atoms with Crippen LogP contribution in [0.25, 0.3) is 0 Å². The minimum Gasteiger partial charge on any atom is -0.380 e. The Kier molecular flexibility index (Phi) is 5.01. The molecule has 1 aliphatic heterocycles. The lowest BCUT2D eigenvalue weighted by Gasteiger charge is -2.23. The Labute approximate surface area is 110 Å². The maximum Gasteiger partial charge on any atom is 0.223 e. The van der Waals surface area contributed by atoms with Crippen molar-refractivity contribution in [3.05, 3.63) is 0 Å². The Morgan fingerprint density at radius 1 is 1.39 bits per heavy atom. The normalized spacial score (nSPS) is 25.1. The summed E-state index contributed by atoms with van der Waals surface area (Å²) in [5, 5.41) is 6.37. The number of carbonyl (C=O) groups is 1. The molecule has 104 valence electrons. The van der Waals surface area contributed by atoms with E-state index < -0.39 is 0 Å². The second kappa shape index (κ2) is 6.53. The van der Waals surface area contributed by atoms with Crippen molar-refractivity contribution in [3.63, 3.8) is 0 Å². The number of unbranched alkanes of at least 4 members (excludes halogenated alkanes) is 1. The lowest BCUT2D eigenvalue weighted by molar-refractivity contribution is -0.123. The number of amides is 1. The fraction of sp³-hybridized carbons (Fsp3) is 0.929. The van der Waals surface area contributed by atoms with E-state index in [2.05, 4.69) is 17.6 Å². The molecule has 4 nitrogen and oxygen atoms in total. The van der Waals surface area contributed by atoms with Crippen LogP contribution in [0.2, 0.25) is 0 Å². The average molecular weight is 254 g/mol. The van der Waals surface area contributed by atoms with Crippen molar-refractivity contribution >= 4 is 5.91 Å². The van der Waals surface area contributed by atoms with Crippen LogP contribution in [0.4, 0.5) is 0 Å². The smallest absolute Gasteiger partial charge is 0.223 e. The molecule has 1 aliphatic carbocycles. The van der Waals surface area contributed by atoms with Crippen LogP contribution in [0.5, 0.6) is 0 Å². The first-order valence-corrected chi connectivity index (χ1v) is 7.35. The summed E-state index contributed by atoms with van der Waals surface area (Å²) in [7, 11) is 0. The second-order valence-corrected chi connectivity index (χ2v) is 5.63. The van der Waals surface area contributed by atoms with E-state index in [4.69, 9.17) is 4.74 Å². The van der Waals surface area contributed by atoms with Gasteiger partial charge < -0.3 is 15.4 Å². The van der Waals surface area contributed by atoms with E-state index >= 15 is 0 Å². The molecule has 1 unspecified atom stereocenters. The first-order valence-electron chi connectivity index (χ1n) is 7.35. The molecular weight excluding hydrogens is 228 g/mol. The molecule has 18 heavy (non-hydrogen) atoms. The Morgan fingerprint density at radius 3 is 2.89 bits per heavy atom. The molecule has 0 aromatic rings. The third-order valence-electron chi connectivity index (χ3n) is 4.29. The highest BCUT2D eigenvalue weighted by atomic mass is 16.5. The van der Waals surface area contributed by atoms with Crippen LogP contribution in [-0.4, -0.2) is 38.8 Å². The number of carbonyl (C=O) groups excluding carboxylic acids is 1. The number of ether oxygens (including phenoxy) is 1. The molecule has 1 amide bonds. The molecule has 0 radical (unpaired) electrons. The summed E-state index contributed by atoms with van der Waals surface area (Å²) in [5.41, 5.74) is 0.346. The van der Waals surface area contributed by atoms with Gasteiger partial charge in [0.05, 0.1) is 6.61 Å². The van der Waals surface area contributed by atoms with Crippen LogP contribution in [0, 0.1) is 11.3 Å². The monoisotopic (exact) mass is 254 g/mol. The first kappa shape index (κ1) is 13.8. The molecule has 0 aromatic heterocycles. The summed E-state index contributed by atoms with van der Waals surface area (Å²) < 4.78 is 5.44. The number of hydrogen-bond donors (Lipinski definition) is 2. The molecule has 2 aliphatic rings. The fourth-order valence-corrected chi connectivity index (χ4v) is 2.91. The Morgan fingerprint density at radius 2 is 2.17 bits per heavy atom. The van der Waals surface area contributed by atoms with Crippen molar-refractivity contribution in [1.82, 2.24) is 10.6 Å². The van der Waals surface area contributed by atoms with Gasteiger partial charge in [0.1, 0.15) is 0 Å². The van der Waals surface area contributed by atoms with E-state index in [1.807, 2.05) is 0 Å². The van der Waals surface area contributed by atoms with Crippen LogP contribution in [0.1, 0.15) is 39.0 Å². The van der Waals surface area contributed by atoms with Crippen LogP contribution in [0.3, 0.4) is 0 Å². The molecule has 0 bridgehead atoms. The summed E-state index contributed by atoms with van der Waals surface area (Å²) in [6, 6.07) is 0. The van der Waals surface area contributed by atoms with Gasteiger partial charge in [0.15, 0.2) is 0 Å². The van der Waals surface area contributed by atoms with E-state index in [0.717, 1.165) is 51.8 Å². The van der Waals surface area contributed by atoms with Crippen LogP contribution in [-0.2, 0) is 9.53 Å². The minimum absolute atomic E-state index is 0.246. The average Bonchev–Trinajstić information content (AvgIpc) is 3.08. The molecule has 2 fully saturated rings. The van der Waals surface area contributed by atoms with Crippen molar-refractivity contribution in [2.75, 3.05) is 32.8 Å². The summed E-state index contributed by atoms with van der Waals surface area (Å²) >= 11 is 0. The molecule has 0 aromatic carbocycles. The molecule has 1 saturated heterocycles. The highest BCUT2D eigenvalue weighted by Gasteiger charge is 2.57. The maximum atomic E-state index is 12.0. The summed E-state index contributed by atoms with van der Waals surface area (Å²) in [5.74, 6) is 0.520. The summed E-state index contributed by atoms with van der Waals surface area (Å²) in [6.07, 6.45) is 5.69. The van der Waals surface area contributed by atoms with Gasteiger partial charge in [-0.15, -0.1) is 0 Å². The first-order chi connectivity index (χ1) is 8.78. The molecule has 1 atom stereocenters. The van der Waals surface area contributed by atoms with Crippen molar-refractivity contribution in [2.24, 2.45) is 11.3 Å². The number of hydrogen-bond acceptors (Lipinski definition) is 3. The molecule has 2 rings (SSSR count). The highest BCUT2D eigenvalue weighted by Crippen LogP contribution is 2.58. The van der Waals surface area contributed by atoms with Crippen LogP contribution in [0.15, 0.2) is 0 Å². The third kappa shape index (κ3) is 3.45. The highest BCUT2D eigenvalue weighted by molar-refractivity contribution is 5.82. The van der Waals surface area contributed by atoms with Gasteiger partial charge in [-0.3, -0.25) is 4.79 Å². The van der Waals surface area contributed by atoms with Crippen LogP contribution < -0.4 is 10.6 Å². The zero-order valence-corrected chi connectivity index (χ0v) is 11.5. The zero-order chi connectivity index (χ0) is 12.8. The summed E-state index contributed by atoms with van der Waals surface area (Å²) in [6.45, 7) is 6.41. The van der Waals surface area contributed by atoms with E-state index in [-0.39, 0.29) is 11.8 Å². The van der Waals surface area contributed by atoms with Crippen molar-refractivity contribution in [1.29, 1.82) is 0 Å². The summed E-state index contributed by atoms with van der Waals surface area (Å²) in [4.78, 5) is 12.0. The lowest BCUT2D eigenvalue weighted by atomic mass is 9.92. The predicted molar refractivity (Wildman–Crippen MR) is 71.4 cm³/mol. The maximum absolute atomic E-state index is 12.0. The minimum atomic E-state index is 0.246. The van der Waals surface area contributed by atoms with Gasteiger partial charge in [0.25, 0.3) is 0 Å². The molecule has 1 spiro atoms. The zero-order valence-electron chi connectivity index (χ0n) is 11.5. The van der Waals surface area contributed by atoms with Gasteiger partial charge in [-0.05, 0) is 44.2 Å². The van der Waals surface area contributed by atoms with Gasteiger partial charge in [-0.1, -0.05) is 13.3 Å². The van der Waals surface area contributed by atoms with Gasteiger partial charge in [-0.2, -0.15) is 0 Å². The quantitative estimate of drug-likeness (QED) is 0.674. The van der Waals surface area contributed by atoms with Crippen molar-refractivity contribution in [3.8, 4) is 0 Å². The van der Waals surface area contributed by atoms with Gasteiger partial charge in [-0.25, -0.2) is 0 Å². The topological polar surface area (TPSA) is 50.4 Å². The Balaban J connectivity index is 1.56. The van der Waals surface area contributed by atoms with E-state index in [1.54, 1.807) is 0 Å². The largest absolute Gasteiger partial charge is 0.380 e. The lowest BCUT2D eigenvalue weighted by Crippen LogP contribution is -2.34. The second-order valence-electron chi connectivity index (χ2n) is 5.63. The molecule has 4 heteroatoms. The number of rotatable bonds is 7. The molecular formula is C14H26N2O2. The standard InChI is InChI=1S/C14H26N2O2/c1-2-3-9-18-10-8-16-13(17)12-11-14(12)4-6-15-7-5-14/h12,15H,2-11H2,1H3,(H,16,17). The van der Waals surface area contributed by atoms with Gasteiger partial charge in [0.2, 0.25) is 5.91 Å². The van der Waals surface area contributed by atoms with Crippen molar-refractivity contribution < 1.29 is 9.53 Å². The SMILES string of the molecule is CCCCOCCNC(=O)C1CC12CCNCC2. The van der Waals surface area contributed by atoms with E-state index in [1.165, 1.54) is 0 Å². The van der Waals surface area contributed by atoms with E-state index in [9.17, 15) is 4.79 Å². The molecule has 1 saturated carbocycles. The number of nitrogens with one attached hydrogen (secondary N) is 2. The Hall–Kier alpha value is -0.610. The molecule has 1 heterocycles. The van der Waals surface area contributed by atoms with Gasteiger partial charge in [0, 0.05) is 19.1 Å². The van der Waals surface area contributed by atoms with Crippen LogP contribution >= 0.6 is 0 Å². The fourth-order valence-electron chi connectivity index (χ4n) is 2.91. The third-order valence-corrected chi connectivity index (χ3v) is 4.29. The van der Waals surface area contributed by atoms with Gasteiger partial charge >= 0.3 is 0 Å². The van der Waals surface area contributed by atoms with E-state index in [0.29, 0.717) is 18.6 Å². The number of piperidine rings is 1. The Bertz CT molecular complexity index is 275. The van der Waals surface area contributed by atoms with Crippen molar-refractivity contribution in [2.45, 2.75) is 39.0 Å².